The second-order valence-corrected chi connectivity index (χ2v) is 7.81. The Labute approximate surface area is 176 Å². The molecule has 3 heterocycles. The van der Waals surface area contributed by atoms with Crippen molar-refractivity contribution in [1.29, 1.82) is 0 Å². The van der Waals surface area contributed by atoms with Gasteiger partial charge in [0, 0.05) is 44.6 Å². The first kappa shape index (κ1) is 20.2. The quantitative estimate of drug-likeness (QED) is 0.726. The monoisotopic (exact) mass is 409 g/mol. The van der Waals surface area contributed by atoms with E-state index in [4.69, 9.17) is 0 Å². The lowest BCUT2D eigenvalue weighted by Crippen LogP contribution is -2.51. The van der Waals surface area contributed by atoms with Crippen LogP contribution < -0.4 is 10.2 Å². The van der Waals surface area contributed by atoms with Gasteiger partial charge in [-0.05, 0) is 49.4 Å². The predicted octanol–water partition coefficient (Wildman–Crippen LogP) is 1.40. The molecule has 0 spiro atoms. The predicted molar refractivity (Wildman–Crippen MR) is 114 cm³/mol. The Morgan fingerprint density at radius 3 is 2.50 bits per heavy atom. The Morgan fingerprint density at radius 1 is 1.03 bits per heavy atom. The Bertz CT molecular complexity index is 866. The van der Waals surface area contributed by atoms with Gasteiger partial charge in [-0.3, -0.25) is 14.5 Å². The first-order chi connectivity index (χ1) is 14.6. The number of aromatic hydroxyl groups is 1. The van der Waals surface area contributed by atoms with E-state index in [9.17, 15) is 14.7 Å². The number of aromatic nitrogens is 1. The molecule has 30 heavy (non-hydrogen) atoms. The summed E-state index contributed by atoms with van der Waals surface area (Å²) in [6.07, 6.45) is 2.53. The van der Waals surface area contributed by atoms with Crippen molar-refractivity contribution in [3.8, 4) is 5.75 Å². The molecule has 0 saturated carbocycles. The molecule has 0 bridgehead atoms. The molecule has 2 saturated heterocycles. The van der Waals surface area contributed by atoms with E-state index in [0.29, 0.717) is 31.9 Å². The number of piperazine rings is 1. The number of pyridine rings is 1. The molecule has 0 aliphatic carbocycles. The fraction of sp³-hybridized carbons (Fsp3) is 0.409. The van der Waals surface area contributed by atoms with Crippen molar-refractivity contribution >= 4 is 23.3 Å². The third-order valence-corrected chi connectivity index (χ3v) is 5.74. The number of nitrogens with one attached hydrogen (secondary N) is 1. The molecule has 158 valence electrons. The number of anilines is 2. The van der Waals surface area contributed by atoms with Gasteiger partial charge in [-0.2, -0.15) is 0 Å². The molecule has 2 aliphatic heterocycles. The van der Waals surface area contributed by atoms with Crippen LogP contribution in [0.5, 0.6) is 5.75 Å². The summed E-state index contributed by atoms with van der Waals surface area (Å²) in [5.41, 5.74) is 0.665. The SMILES string of the molecule is O=C(Nc1ccc(O)cc1)[C@@H]1CCN(CC(=O)N2CCN(c3ccccn3)CC2)C1. The van der Waals surface area contributed by atoms with Crippen LogP contribution in [0.3, 0.4) is 0 Å². The lowest BCUT2D eigenvalue weighted by molar-refractivity contribution is -0.132. The molecule has 8 nitrogen and oxygen atoms in total. The summed E-state index contributed by atoms with van der Waals surface area (Å²) in [7, 11) is 0. The fourth-order valence-corrected chi connectivity index (χ4v) is 4.00. The second-order valence-electron chi connectivity index (χ2n) is 7.81. The summed E-state index contributed by atoms with van der Waals surface area (Å²) in [6.45, 7) is 4.62. The Kier molecular flexibility index (Phi) is 6.13. The first-order valence-electron chi connectivity index (χ1n) is 10.3. The summed E-state index contributed by atoms with van der Waals surface area (Å²) in [5, 5.41) is 12.2. The highest BCUT2D eigenvalue weighted by atomic mass is 16.3. The van der Waals surface area contributed by atoms with E-state index in [1.54, 1.807) is 30.5 Å². The minimum Gasteiger partial charge on any atom is -0.508 e. The van der Waals surface area contributed by atoms with Crippen LogP contribution in [0.2, 0.25) is 0 Å². The molecule has 8 heteroatoms. The topological polar surface area (TPSA) is 89.0 Å². The van der Waals surface area contributed by atoms with Crippen LogP contribution in [0.1, 0.15) is 6.42 Å². The van der Waals surface area contributed by atoms with Crippen molar-refractivity contribution in [1.82, 2.24) is 14.8 Å². The lowest BCUT2D eigenvalue weighted by atomic mass is 10.1. The third kappa shape index (κ3) is 4.88. The van der Waals surface area contributed by atoms with Gasteiger partial charge in [-0.15, -0.1) is 0 Å². The molecule has 0 unspecified atom stereocenters. The summed E-state index contributed by atoms with van der Waals surface area (Å²) < 4.78 is 0. The van der Waals surface area contributed by atoms with Gasteiger partial charge in [0.25, 0.3) is 0 Å². The summed E-state index contributed by atoms with van der Waals surface area (Å²) in [4.78, 5) is 35.8. The number of phenols is 1. The molecule has 2 fully saturated rings. The smallest absolute Gasteiger partial charge is 0.236 e. The van der Waals surface area contributed by atoms with Crippen molar-refractivity contribution in [3.05, 3.63) is 48.7 Å². The maximum Gasteiger partial charge on any atom is 0.236 e. The Balaban J connectivity index is 1.22. The second kappa shape index (κ2) is 9.13. The molecule has 4 rings (SSSR count). The zero-order valence-corrected chi connectivity index (χ0v) is 16.9. The molecule has 2 amide bonds. The Hall–Kier alpha value is -3.13. The van der Waals surface area contributed by atoms with Gasteiger partial charge < -0.3 is 20.2 Å². The zero-order valence-electron chi connectivity index (χ0n) is 16.9. The summed E-state index contributed by atoms with van der Waals surface area (Å²) in [5.74, 6) is 1.06. The number of rotatable bonds is 5. The van der Waals surface area contributed by atoms with E-state index in [2.05, 4.69) is 20.1 Å². The fourth-order valence-electron chi connectivity index (χ4n) is 4.00. The van der Waals surface area contributed by atoms with E-state index in [0.717, 1.165) is 31.9 Å². The van der Waals surface area contributed by atoms with Gasteiger partial charge in [0.05, 0.1) is 12.5 Å². The third-order valence-electron chi connectivity index (χ3n) is 5.74. The lowest BCUT2D eigenvalue weighted by Gasteiger charge is -2.36. The molecule has 2 aliphatic rings. The van der Waals surface area contributed by atoms with Gasteiger partial charge in [-0.25, -0.2) is 4.98 Å². The van der Waals surface area contributed by atoms with Crippen molar-refractivity contribution in [2.24, 2.45) is 5.92 Å². The van der Waals surface area contributed by atoms with Crippen LogP contribution in [0.4, 0.5) is 11.5 Å². The minimum absolute atomic E-state index is 0.0420. The van der Waals surface area contributed by atoms with Crippen LogP contribution >= 0.6 is 0 Å². The molecule has 2 aromatic rings. The number of phenolic OH excluding ortho intramolecular Hbond substituents is 1. The maximum absolute atomic E-state index is 12.7. The Morgan fingerprint density at radius 2 is 1.80 bits per heavy atom. The van der Waals surface area contributed by atoms with E-state index < -0.39 is 0 Å². The number of hydrogen-bond acceptors (Lipinski definition) is 6. The zero-order chi connectivity index (χ0) is 20.9. The minimum atomic E-state index is -0.132. The highest BCUT2D eigenvalue weighted by Crippen LogP contribution is 2.20. The van der Waals surface area contributed by atoms with Crippen molar-refractivity contribution in [2.75, 3.05) is 56.0 Å². The van der Waals surface area contributed by atoms with Gasteiger partial charge in [0.1, 0.15) is 11.6 Å². The maximum atomic E-state index is 12.7. The van der Waals surface area contributed by atoms with Gasteiger partial charge in [-0.1, -0.05) is 6.07 Å². The van der Waals surface area contributed by atoms with Gasteiger partial charge in [0.15, 0.2) is 0 Å². The molecular weight excluding hydrogens is 382 g/mol. The highest BCUT2D eigenvalue weighted by Gasteiger charge is 2.31. The molecular formula is C22H27N5O3. The summed E-state index contributed by atoms with van der Waals surface area (Å²) >= 11 is 0. The molecule has 1 aromatic carbocycles. The molecule has 2 N–H and O–H groups in total. The number of hydrogen-bond donors (Lipinski definition) is 2. The van der Waals surface area contributed by atoms with Crippen LogP contribution in [-0.4, -0.2) is 77.5 Å². The van der Waals surface area contributed by atoms with Crippen molar-refractivity contribution in [3.63, 3.8) is 0 Å². The number of carbonyl (C=O) groups excluding carboxylic acids is 2. The highest BCUT2D eigenvalue weighted by molar-refractivity contribution is 5.93. The van der Waals surface area contributed by atoms with E-state index in [-0.39, 0.29) is 23.5 Å². The van der Waals surface area contributed by atoms with Crippen molar-refractivity contribution < 1.29 is 14.7 Å². The first-order valence-corrected chi connectivity index (χ1v) is 10.3. The molecule has 1 aromatic heterocycles. The van der Waals surface area contributed by atoms with Crippen LogP contribution in [0.15, 0.2) is 48.7 Å². The standard InChI is InChI=1S/C22H27N5O3/c28-19-6-4-18(5-7-19)24-22(30)17-8-10-25(15-17)16-21(29)27-13-11-26(12-14-27)20-3-1-2-9-23-20/h1-7,9,17,28H,8,10-16H2,(H,24,30)/t17-/m1/s1. The number of likely N-dealkylation sites (tertiary alicyclic amines) is 1. The number of benzene rings is 1. The van der Waals surface area contributed by atoms with Crippen LogP contribution in [0, 0.1) is 5.92 Å². The van der Waals surface area contributed by atoms with Crippen LogP contribution in [-0.2, 0) is 9.59 Å². The molecule has 0 radical (unpaired) electrons. The van der Waals surface area contributed by atoms with Gasteiger partial charge in [0.2, 0.25) is 11.8 Å². The van der Waals surface area contributed by atoms with E-state index in [1.807, 2.05) is 23.1 Å². The molecule has 1 atom stereocenters. The van der Waals surface area contributed by atoms with E-state index in [1.165, 1.54) is 0 Å². The van der Waals surface area contributed by atoms with Crippen LogP contribution in [0.25, 0.3) is 0 Å². The van der Waals surface area contributed by atoms with E-state index >= 15 is 0 Å². The average Bonchev–Trinajstić information content (AvgIpc) is 3.25. The largest absolute Gasteiger partial charge is 0.508 e. The number of nitrogens with zero attached hydrogens (tertiary/aromatic N) is 4. The number of carbonyl (C=O) groups is 2. The number of amides is 2. The normalized spacial score (nSPS) is 19.7. The summed E-state index contributed by atoms with van der Waals surface area (Å²) in [6, 6.07) is 12.3. The average molecular weight is 409 g/mol. The van der Waals surface area contributed by atoms with Crippen molar-refractivity contribution in [2.45, 2.75) is 6.42 Å². The van der Waals surface area contributed by atoms with Gasteiger partial charge >= 0.3 is 0 Å².